The van der Waals surface area contributed by atoms with Crippen LogP contribution >= 0.6 is 11.3 Å². The number of aromatic nitrogens is 2. The van der Waals surface area contributed by atoms with Crippen LogP contribution in [0.1, 0.15) is 45.9 Å². The standard InChI is InChI=1S/C23H28N4OS/c1-16-21(18(3)27(25-16)14-19-7-5-4-6-8-19)13-24-23(28)15-26-11-9-22-20(17(26)2)10-12-29-22/h4-8,10,12,17H,9,11,13-15H2,1-3H3,(H,24,28)/t17-/m0/s1. The second kappa shape index (κ2) is 8.51. The Kier molecular flexibility index (Phi) is 5.83. The zero-order chi connectivity index (χ0) is 20.4. The number of benzene rings is 1. The van der Waals surface area contributed by atoms with Gasteiger partial charge in [0.15, 0.2) is 0 Å². The molecule has 0 fully saturated rings. The molecule has 5 nitrogen and oxygen atoms in total. The molecule has 0 spiro atoms. The van der Waals surface area contributed by atoms with Crippen LogP contribution in [0.25, 0.3) is 0 Å². The Hall–Kier alpha value is -2.44. The van der Waals surface area contributed by atoms with E-state index in [1.54, 1.807) is 0 Å². The summed E-state index contributed by atoms with van der Waals surface area (Å²) in [5, 5.41) is 9.95. The van der Waals surface area contributed by atoms with Gasteiger partial charge in [0, 0.05) is 35.3 Å². The molecular formula is C23H28N4OS. The summed E-state index contributed by atoms with van der Waals surface area (Å²) in [6.45, 7) is 8.94. The monoisotopic (exact) mass is 408 g/mol. The van der Waals surface area contributed by atoms with Crippen molar-refractivity contribution in [2.75, 3.05) is 13.1 Å². The first-order valence-corrected chi connectivity index (χ1v) is 11.0. The molecule has 1 aromatic carbocycles. The van der Waals surface area contributed by atoms with Crippen LogP contribution in [0.2, 0.25) is 0 Å². The Morgan fingerprint density at radius 3 is 2.83 bits per heavy atom. The number of nitrogens with zero attached hydrogens (tertiary/aromatic N) is 3. The number of thiophene rings is 1. The van der Waals surface area contributed by atoms with Gasteiger partial charge in [-0.15, -0.1) is 11.3 Å². The fourth-order valence-corrected chi connectivity index (χ4v) is 5.07. The highest BCUT2D eigenvalue weighted by Gasteiger charge is 2.26. The van der Waals surface area contributed by atoms with E-state index in [1.807, 2.05) is 41.1 Å². The van der Waals surface area contributed by atoms with E-state index in [9.17, 15) is 4.79 Å². The van der Waals surface area contributed by atoms with Crippen molar-refractivity contribution in [2.45, 2.75) is 46.3 Å². The molecule has 0 radical (unpaired) electrons. The molecule has 1 aliphatic rings. The van der Waals surface area contributed by atoms with Gasteiger partial charge in [0.2, 0.25) is 5.91 Å². The highest BCUT2D eigenvalue weighted by molar-refractivity contribution is 7.10. The van der Waals surface area contributed by atoms with Gasteiger partial charge < -0.3 is 5.32 Å². The lowest BCUT2D eigenvalue weighted by Crippen LogP contribution is -2.41. The van der Waals surface area contributed by atoms with Crippen LogP contribution in [0.5, 0.6) is 0 Å². The van der Waals surface area contributed by atoms with Crippen LogP contribution in [-0.2, 0) is 24.3 Å². The van der Waals surface area contributed by atoms with Crippen molar-refractivity contribution >= 4 is 17.2 Å². The first-order chi connectivity index (χ1) is 14.0. The molecule has 2 aromatic heterocycles. The summed E-state index contributed by atoms with van der Waals surface area (Å²) in [6, 6.07) is 12.8. The topological polar surface area (TPSA) is 50.2 Å². The van der Waals surface area contributed by atoms with Crippen LogP contribution in [0.3, 0.4) is 0 Å². The molecule has 1 aliphatic heterocycles. The number of hydrogen-bond acceptors (Lipinski definition) is 4. The second-order valence-electron chi connectivity index (χ2n) is 7.76. The summed E-state index contributed by atoms with van der Waals surface area (Å²) in [6.07, 6.45) is 1.04. The maximum Gasteiger partial charge on any atom is 0.234 e. The molecule has 0 unspecified atom stereocenters. The quantitative estimate of drug-likeness (QED) is 0.674. The summed E-state index contributed by atoms with van der Waals surface area (Å²) >= 11 is 1.83. The lowest BCUT2D eigenvalue weighted by atomic mass is 10.0. The fourth-order valence-electron chi connectivity index (χ4n) is 4.10. The van der Waals surface area contributed by atoms with Crippen LogP contribution in [-0.4, -0.2) is 33.7 Å². The molecule has 152 valence electrons. The van der Waals surface area contributed by atoms with E-state index < -0.39 is 0 Å². The van der Waals surface area contributed by atoms with Crippen molar-refractivity contribution in [1.29, 1.82) is 0 Å². The average Bonchev–Trinajstić information content (AvgIpc) is 3.29. The fraction of sp³-hybridized carbons (Fsp3) is 0.391. The van der Waals surface area contributed by atoms with E-state index in [0.29, 0.717) is 19.1 Å². The minimum Gasteiger partial charge on any atom is -0.351 e. The SMILES string of the molecule is Cc1nn(Cc2ccccc2)c(C)c1CNC(=O)CN1CCc2sccc2[C@@H]1C. The third kappa shape index (κ3) is 4.28. The molecule has 6 heteroatoms. The smallest absolute Gasteiger partial charge is 0.234 e. The van der Waals surface area contributed by atoms with Gasteiger partial charge >= 0.3 is 0 Å². The van der Waals surface area contributed by atoms with Crippen LogP contribution in [0.4, 0.5) is 0 Å². The Morgan fingerprint density at radius 1 is 1.24 bits per heavy atom. The summed E-state index contributed by atoms with van der Waals surface area (Å²) < 4.78 is 2.02. The minimum absolute atomic E-state index is 0.0742. The van der Waals surface area contributed by atoms with Gasteiger partial charge in [-0.2, -0.15) is 5.10 Å². The highest BCUT2D eigenvalue weighted by Crippen LogP contribution is 2.32. The number of amides is 1. The van der Waals surface area contributed by atoms with E-state index in [1.165, 1.54) is 16.0 Å². The molecule has 0 bridgehead atoms. The van der Waals surface area contributed by atoms with E-state index >= 15 is 0 Å². The van der Waals surface area contributed by atoms with Crippen LogP contribution < -0.4 is 5.32 Å². The summed E-state index contributed by atoms with van der Waals surface area (Å²) in [5.74, 6) is 0.0742. The Labute approximate surface area is 176 Å². The molecule has 3 heterocycles. The largest absolute Gasteiger partial charge is 0.351 e. The van der Waals surface area contributed by atoms with Gasteiger partial charge in [-0.1, -0.05) is 30.3 Å². The first-order valence-electron chi connectivity index (χ1n) is 10.2. The molecule has 3 aromatic rings. The van der Waals surface area contributed by atoms with Crippen LogP contribution in [0.15, 0.2) is 41.8 Å². The number of aryl methyl sites for hydroxylation is 1. The van der Waals surface area contributed by atoms with Gasteiger partial charge in [0.25, 0.3) is 0 Å². The van der Waals surface area contributed by atoms with Crippen molar-refractivity contribution in [3.8, 4) is 0 Å². The normalized spacial score (nSPS) is 16.6. The molecular weight excluding hydrogens is 380 g/mol. The van der Waals surface area contributed by atoms with E-state index in [-0.39, 0.29) is 5.91 Å². The number of hydrogen-bond donors (Lipinski definition) is 1. The van der Waals surface area contributed by atoms with Crippen molar-refractivity contribution in [1.82, 2.24) is 20.0 Å². The average molecular weight is 409 g/mol. The predicted octanol–water partition coefficient (Wildman–Crippen LogP) is 3.85. The van der Waals surface area contributed by atoms with E-state index in [4.69, 9.17) is 0 Å². The molecule has 0 saturated carbocycles. The van der Waals surface area contributed by atoms with Gasteiger partial charge in [-0.25, -0.2) is 0 Å². The van der Waals surface area contributed by atoms with Crippen molar-refractivity contribution in [3.63, 3.8) is 0 Å². The number of carbonyl (C=O) groups excluding carboxylic acids is 1. The Morgan fingerprint density at radius 2 is 2.03 bits per heavy atom. The predicted molar refractivity (Wildman–Crippen MR) is 117 cm³/mol. The van der Waals surface area contributed by atoms with Crippen molar-refractivity contribution < 1.29 is 4.79 Å². The number of rotatable bonds is 6. The molecule has 29 heavy (non-hydrogen) atoms. The van der Waals surface area contributed by atoms with Gasteiger partial charge in [-0.05, 0) is 49.8 Å². The molecule has 1 atom stereocenters. The van der Waals surface area contributed by atoms with E-state index in [2.05, 4.69) is 52.7 Å². The number of nitrogens with one attached hydrogen (secondary N) is 1. The molecule has 4 rings (SSSR count). The van der Waals surface area contributed by atoms with Crippen molar-refractivity contribution in [3.05, 3.63) is 74.7 Å². The van der Waals surface area contributed by atoms with Crippen molar-refractivity contribution in [2.24, 2.45) is 0 Å². The summed E-state index contributed by atoms with van der Waals surface area (Å²) in [7, 11) is 0. The molecule has 0 aliphatic carbocycles. The zero-order valence-corrected chi connectivity index (χ0v) is 18.1. The van der Waals surface area contributed by atoms with Gasteiger partial charge in [-0.3, -0.25) is 14.4 Å². The maximum absolute atomic E-state index is 12.6. The lowest BCUT2D eigenvalue weighted by Gasteiger charge is -2.32. The third-order valence-corrected chi connectivity index (χ3v) is 6.92. The molecule has 0 saturated heterocycles. The zero-order valence-electron chi connectivity index (χ0n) is 17.3. The van der Waals surface area contributed by atoms with E-state index in [0.717, 1.165) is 36.5 Å². The highest BCUT2D eigenvalue weighted by atomic mass is 32.1. The van der Waals surface area contributed by atoms with Gasteiger partial charge in [0.05, 0.1) is 18.8 Å². The first kappa shape index (κ1) is 19.9. The number of fused-ring (bicyclic) bond motifs is 1. The molecule has 1 amide bonds. The van der Waals surface area contributed by atoms with Gasteiger partial charge in [0.1, 0.15) is 0 Å². The Bertz CT molecular complexity index is 992. The van der Waals surface area contributed by atoms with Crippen LogP contribution in [0, 0.1) is 13.8 Å². The summed E-state index contributed by atoms with van der Waals surface area (Å²) in [5.41, 5.74) is 5.80. The third-order valence-electron chi connectivity index (χ3n) is 5.92. The second-order valence-corrected chi connectivity index (χ2v) is 8.77. The maximum atomic E-state index is 12.6. The summed E-state index contributed by atoms with van der Waals surface area (Å²) in [4.78, 5) is 16.4. The Balaban J connectivity index is 1.36. The number of carbonyl (C=O) groups is 1. The minimum atomic E-state index is 0.0742. The molecule has 1 N–H and O–H groups in total. The lowest BCUT2D eigenvalue weighted by molar-refractivity contribution is -0.123.